The van der Waals surface area contributed by atoms with Gasteiger partial charge in [-0.3, -0.25) is 9.59 Å². The molecule has 0 radical (unpaired) electrons. The first-order valence-corrected chi connectivity index (χ1v) is 11.3. The molecule has 0 saturated carbocycles. The zero-order chi connectivity index (χ0) is 24.5. The third-order valence-electron chi connectivity index (χ3n) is 5.71. The summed E-state index contributed by atoms with van der Waals surface area (Å²) in [6.45, 7) is 3.86. The number of carbonyl (C=O) groups is 2. The maximum Gasteiger partial charge on any atom is 0.282 e. The summed E-state index contributed by atoms with van der Waals surface area (Å²) in [4.78, 5) is 28.2. The van der Waals surface area contributed by atoms with Crippen LogP contribution in [0, 0.1) is 5.82 Å². The van der Waals surface area contributed by atoms with Crippen LogP contribution in [0.5, 0.6) is 5.75 Å². The summed E-state index contributed by atoms with van der Waals surface area (Å²) in [5.41, 5.74) is 1.77. The van der Waals surface area contributed by atoms with Crippen molar-refractivity contribution in [3.05, 3.63) is 108 Å². The topological polar surface area (TPSA) is 58.6 Å². The number of carbonyl (C=O) groups excluding carboxylic acids is 2. The second kappa shape index (κ2) is 9.06. The molecule has 1 N–H and O–H groups in total. The van der Waals surface area contributed by atoms with Crippen molar-refractivity contribution in [3.63, 3.8) is 0 Å². The average molecular weight is 467 g/mol. The normalized spacial score (nSPS) is 13.8. The molecule has 0 fully saturated rings. The Hall–Kier alpha value is -4.45. The van der Waals surface area contributed by atoms with Gasteiger partial charge in [-0.2, -0.15) is 0 Å². The number of nitrogens with zero attached hydrogens (tertiary/aromatic N) is 1. The van der Waals surface area contributed by atoms with Crippen LogP contribution in [-0.4, -0.2) is 17.9 Å². The summed E-state index contributed by atoms with van der Waals surface area (Å²) >= 11 is 0. The minimum absolute atomic E-state index is 0.00168. The molecule has 35 heavy (non-hydrogen) atoms. The highest BCUT2D eigenvalue weighted by molar-refractivity contribution is 6.46. The molecule has 0 bridgehead atoms. The molecule has 2 amide bonds. The number of imide groups is 1. The van der Waals surface area contributed by atoms with Gasteiger partial charge < -0.3 is 10.1 Å². The lowest BCUT2D eigenvalue weighted by molar-refractivity contribution is -0.120. The van der Waals surface area contributed by atoms with Crippen molar-refractivity contribution in [1.29, 1.82) is 0 Å². The van der Waals surface area contributed by atoms with Crippen LogP contribution >= 0.6 is 0 Å². The standard InChI is InChI=1S/C29H23FN2O3/c1-18(2)35-23-15-13-20(14-16-23)26-27(31-25-12-5-8-19-7-3-4-11-24(19)25)29(34)32(28(26)33)22-10-6-9-21(30)17-22/h3-18,31H,1-2H3. The molecule has 0 unspecified atom stereocenters. The van der Waals surface area contributed by atoms with Gasteiger partial charge in [0.25, 0.3) is 11.8 Å². The minimum atomic E-state index is -0.550. The third kappa shape index (κ3) is 4.26. The highest BCUT2D eigenvalue weighted by Crippen LogP contribution is 2.36. The molecule has 5 rings (SSSR count). The van der Waals surface area contributed by atoms with Crippen LogP contribution in [0.3, 0.4) is 0 Å². The van der Waals surface area contributed by atoms with Crippen LogP contribution in [0.4, 0.5) is 15.8 Å². The molecule has 5 nitrogen and oxygen atoms in total. The Kier molecular flexibility index (Phi) is 5.79. The molecule has 0 atom stereocenters. The lowest BCUT2D eigenvalue weighted by atomic mass is 10.0. The van der Waals surface area contributed by atoms with Crippen molar-refractivity contribution >= 4 is 39.5 Å². The van der Waals surface area contributed by atoms with E-state index in [-0.39, 0.29) is 23.1 Å². The molecular formula is C29H23FN2O3. The molecule has 0 aromatic heterocycles. The SMILES string of the molecule is CC(C)Oc1ccc(C2=C(Nc3cccc4ccccc34)C(=O)N(c3cccc(F)c3)C2=O)cc1. The molecule has 1 aliphatic rings. The molecule has 4 aromatic rings. The number of halogens is 1. The number of hydrogen-bond donors (Lipinski definition) is 1. The van der Waals surface area contributed by atoms with Crippen molar-refractivity contribution in [2.75, 3.05) is 10.2 Å². The van der Waals surface area contributed by atoms with Gasteiger partial charge >= 0.3 is 0 Å². The van der Waals surface area contributed by atoms with E-state index in [0.717, 1.165) is 15.7 Å². The van der Waals surface area contributed by atoms with E-state index in [4.69, 9.17) is 4.74 Å². The Balaban J connectivity index is 1.62. The summed E-state index contributed by atoms with van der Waals surface area (Å²) < 4.78 is 19.7. The van der Waals surface area contributed by atoms with Gasteiger partial charge in [-0.25, -0.2) is 9.29 Å². The van der Waals surface area contributed by atoms with Gasteiger partial charge in [0.15, 0.2) is 0 Å². The molecule has 0 saturated heterocycles. The molecule has 1 heterocycles. The van der Waals surface area contributed by atoms with E-state index in [0.29, 0.717) is 17.0 Å². The molecule has 174 valence electrons. The Bertz CT molecular complexity index is 1470. The van der Waals surface area contributed by atoms with Crippen LogP contribution in [0.15, 0.2) is 96.7 Å². The number of nitrogens with one attached hydrogen (secondary N) is 1. The van der Waals surface area contributed by atoms with Crippen molar-refractivity contribution in [2.45, 2.75) is 20.0 Å². The number of fused-ring (bicyclic) bond motifs is 1. The lowest BCUT2D eigenvalue weighted by Crippen LogP contribution is -2.32. The van der Waals surface area contributed by atoms with E-state index in [1.807, 2.05) is 56.3 Å². The van der Waals surface area contributed by atoms with Gasteiger partial charge in [0, 0.05) is 11.1 Å². The first-order valence-electron chi connectivity index (χ1n) is 11.3. The fraction of sp³-hybridized carbons (Fsp3) is 0.103. The minimum Gasteiger partial charge on any atom is -0.491 e. The summed E-state index contributed by atoms with van der Waals surface area (Å²) in [6, 6.07) is 26.0. The van der Waals surface area contributed by atoms with Crippen molar-refractivity contribution < 1.29 is 18.7 Å². The number of ether oxygens (including phenoxy) is 1. The van der Waals surface area contributed by atoms with Crippen molar-refractivity contribution in [3.8, 4) is 5.75 Å². The Morgan fingerprint density at radius 2 is 1.54 bits per heavy atom. The number of hydrogen-bond acceptors (Lipinski definition) is 4. The fourth-order valence-corrected chi connectivity index (χ4v) is 4.20. The van der Waals surface area contributed by atoms with E-state index in [1.54, 1.807) is 24.3 Å². The van der Waals surface area contributed by atoms with Gasteiger partial charge in [0.1, 0.15) is 17.3 Å². The van der Waals surface area contributed by atoms with E-state index in [9.17, 15) is 14.0 Å². The monoisotopic (exact) mass is 466 g/mol. The number of rotatable bonds is 6. The maximum atomic E-state index is 14.0. The fourth-order valence-electron chi connectivity index (χ4n) is 4.20. The highest BCUT2D eigenvalue weighted by atomic mass is 19.1. The van der Waals surface area contributed by atoms with Crippen LogP contribution in [0.2, 0.25) is 0 Å². The van der Waals surface area contributed by atoms with Gasteiger partial charge in [-0.15, -0.1) is 0 Å². The predicted octanol–water partition coefficient (Wildman–Crippen LogP) is 6.16. The van der Waals surface area contributed by atoms with Crippen LogP contribution in [0.25, 0.3) is 16.3 Å². The summed E-state index contributed by atoms with van der Waals surface area (Å²) in [6.07, 6.45) is 0.00168. The van der Waals surface area contributed by atoms with Gasteiger partial charge in [0.05, 0.1) is 17.4 Å². The quantitative estimate of drug-likeness (QED) is 0.346. The molecule has 1 aliphatic heterocycles. The Morgan fingerprint density at radius 1 is 0.829 bits per heavy atom. The molecule has 0 aliphatic carbocycles. The molecule has 6 heteroatoms. The second-order valence-corrected chi connectivity index (χ2v) is 8.52. The Labute approximate surface area is 202 Å². The average Bonchev–Trinajstić information content (AvgIpc) is 3.08. The Morgan fingerprint density at radius 3 is 2.29 bits per heavy atom. The van der Waals surface area contributed by atoms with E-state index >= 15 is 0 Å². The predicted molar refractivity (Wildman–Crippen MR) is 136 cm³/mol. The lowest BCUT2D eigenvalue weighted by Gasteiger charge is -2.16. The molecule has 4 aromatic carbocycles. The number of anilines is 2. The van der Waals surface area contributed by atoms with E-state index < -0.39 is 17.6 Å². The van der Waals surface area contributed by atoms with Gasteiger partial charge in [-0.05, 0) is 61.2 Å². The van der Waals surface area contributed by atoms with Crippen LogP contribution in [0.1, 0.15) is 19.4 Å². The molecule has 0 spiro atoms. The molecular weight excluding hydrogens is 443 g/mol. The highest BCUT2D eigenvalue weighted by Gasteiger charge is 2.40. The van der Waals surface area contributed by atoms with E-state index in [2.05, 4.69) is 5.32 Å². The zero-order valence-corrected chi connectivity index (χ0v) is 19.3. The first kappa shape index (κ1) is 22.3. The second-order valence-electron chi connectivity index (χ2n) is 8.52. The zero-order valence-electron chi connectivity index (χ0n) is 19.3. The van der Waals surface area contributed by atoms with Crippen LogP contribution in [-0.2, 0) is 9.59 Å². The summed E-state index contributed by atoms with van der Waals surface area (Å²) in [5.74, 6) is -0.950. The van der Waals surface area contributed by atoms with Crippen LogP contribution < -0.4 is 15.0 Å². The van der Waals surface area contributed by atoms with Crippen molar-refractivity contribution in [1.82, 2.24) is 0 Å². The van der Waals surface area contributed by atoms with Gasteiger partial charge in [0.2, 0.25) is 0 Å². The maximum absolute atomic E-state index is 14.0. The number of amides is 2. The first-order chi connectivity index (χ1) is 16.9. The largest absolute Gasteiger partial charge is 0.491 e. The summed E-state index contributed by atoms with van der Waals surface area (Å²) in [7, 11) is 0. The summed E-state index contributed by atoms with van der Waals surface area (Å²) in [5, 5.41) is 5.12. The smallest absolute Gasteiger partial charge is 0.282 e. The third-order valence-corrected chi connectivity index (χ3v) is 5.71. The van der Waals surface area contributed by atoms with E-state index in [1.165, 1.54) is 24.3 Å². The van der Waals surface area contributed by atoms with Gasteiger partial charge in [-0.1, -0.05) is 54.6 Å². The van der Waals surface area contributed by atoms with Crippen molar-refractivity contribution in [2.24, 2.45) is 0 Å². The number of benzene rings is 4.